The lowest BCUT2D eigenvalue weighted by Crippen LogP contribution is -2.62. The number of aromatic amines is 2. The van der Waals surface area contributed by atoms with Crippen LogP contribution in [0.25, 0.3) is 21.8 Å². The normalized spacial score (nSPS) is 23.4. The third-order valence-electron chi connectivity index (χ3n) is 17.7. The number of halogens is 2. The Kier molecular flexibility index (Phi) is 26.4. The van der Waals surface area contributed by atoms with E-state index in [1.807, 2.05) is 18.2 Å². The summed E-state index contributed by atoms with van der Waals surface area (Å²) in [6.45, 7) is 3.78. The number of methoxy groups -OCH3 is 1. The van der Waals surface area contributed by atoms with Gasteiger partial charge in [-0.3, -0.25) is 52.9 Å². The first-order valence-electron chi connectivity index (χ1n) is 33.1. The Labute approximate surface area is 584 Å². The molecule has 2 bridgehead atoms. The number of rotatable bonds is 15. The minimum absolute atomic E-state index is 0.0103. The standard InChI is InChI=1S/C70H84F2N14O12S2/c1-40-62(90)81-55(28-44-34-76-52-17-13-46(71)30-50(44)52)64(92)82-56(29-45-35-77-53-18-14-47(72)31-51(45)53)65(93)84-58(33-61(88)89)67(95)83-57(32-48-36-74-39-78-48)66(94)85-59(27-41-11-15-49(98-3)16-12-41)68(96)86-23-7-20-70(86,2)69(97)75-22-25-100-38-43-9-6-8-42(26-43)37-99-24-19-60(87)80-54(63(91)79-40)10-4-5-21-73/h6,8-9,11-18,26,30-31,34-35,39-40,54-59,76-77H,4-5,7,10,19-25,27-29,32-33,36-38,73H2,1-3H3,(H,75,97)(H,79,91)(H,80,87)(H,81,90)(H,82,92)(H,83,95)(H,84,93)(H,85,94)(H,88,89)/t40-,54+,55+,56+,57+,58+,59+,70+/m1/s1. The number of nitrogens with one attached hydrogen (secondary N) is 10. The molecule has 6 aromatic rings. The third-order valence-corrected chi connectivity index (χ3v) is 19.8. The van der Waals surface area contributed by atoms with Crippen LogP contribution in [0.15, 0.2) is 107 Å². The summed E-state index contributed by atoms with van der Waals surface area (Å²) in [5.41, 5.74) is 8.89. The summed E-state index contributed by atoms with van der Waals surface area (Å²) < 4.78 is 35.3. The number of aliphatic carboxylic acids is 1. The molecule has 13 N–H and O–H groups in total. The number of carbonyl (C=O) groups excluding carboxylic acids is 9. The topological polar surface area (TPSA) is 382 Å². The summed E-state index contributed by atoms with van der Waals surface area (Å²) >= 11 is 3.12. The fourth-order valence-corrected chi connectivity index (χ4v) is 14.0. The molecule has 9 amide bonds. The smallest absolute Gasteiger partial charge is 0.305 e. The van der Waals surface area contributed by atoms with Crippen molar-refractivity contribution in [3.8, 4) is 5.75 Å². The van der Waals surface area contributed by atoms with E-state index in [1.165, 1.54) is 85.8 Å². The largest absolute Gasteiger partial charge is 0.497 e. The molecule has 4 aromatic carbocycles. The van der Waals surface area contributed by atoms with Crippen molar-refractivity contribution in [3.05, 3.63) is 137 Å². The van der Waals surface area contributed by atoms with Crippen molar-refractivity contribution in [2.75, 3.05) is 44.8 Å². The van der Waals surface area contributed by atoms with Gasteiger partial charge in [0.25, 0.3) is 0 Å². The maximum atomic E-state index is 15.2. The van der Waals surface area contributed by atoms with Crippen LogP contribution in [0.4, 0.5) is 8.78 Å². The predicted molar refractivity (Wildman–Crippen MR) is 376 cm³/mol. The molecule has 3 aliphatic heterocycles. The number of carbonyl (C=O) groups is 10. The predicted octanol–water partition coefficient (Wildman–Crippen LogP) is 3.92. The van der Waals surface area contributed by atoms with E-state index in [1.54, 1.807) is 43.0 Å². The molecule has 9 rings (SSSR count). The number of aromatic nitrogens is 2. The highest BCUT2D eigenvalue weighted by Crippen LogP contribution is 2.31. The van der Waals surface area contributed by atoms with Crippen LogP contribution in [0.2, 0.25) is 0 Å². The van der Waals surface area contributed by atoms with E-state index in [-0.39, 0.29) is 62.7 Å². The number of hydrogen-bond donors (Lipinski definition) is 12. The summed E-state index contributed by atoms with van der Waals surface area (Å²) in [5.74, 6) is -7.56. The van der Waals surface area contributed by atoms with Gasteiger partial charge in [-0.05, 0) is 129 Å². The highest BCUT2D eigenvalue weighted by atomic mass is 32.2. The van der Waals surface area contributed by atoms with Gasteiger partial charge in [0, 0.05) is 108 Å². The molecule has 0 unspecified atom stereocenters. The van der Waals surface area contributed by atoms with Crippen molar-refractivity contribution in [1.82, 2.24) is 57.4 Å². The van der Waals surface area contributed by atoms with E-state index in [0.717, 1.165) is 11.1 Å². The molecule has 0 radical (unpaired) electrons. The summed E-state index contributed by atoms with van der Waals surface area (Å²) in [6.07, 6.45) is 3.82. The fourth-order valence-electron chi connectivity index (χ4n) is 12.3. The minimum atomic E-state index is -2.00. The van der Waals surface area contributed by atoms with E-state index in [9.17, 15) is 42.7 Å². The molecule has 0 saturated carbocycles. The van der Waals surface area contributed by atoms with Gasteiger partial charge in [-0.15, -0.1) is 0 Å². The summed E-state index contributed by atoms with van der Waals surface area (Å²) in [7, 11) is 1.49. The average molecular weight is 1420 g/mol. The lowest BCUT2D eigenvalue weighted by Gasteiger charge is -2.36. The van der Waals surface area contributed by atoms with E-state index in [4.69, 9.17) is 10.5 Å². The van der Waals surface area contributed by atoms with E-state index in [2.05, 4.69) is 68.6 Å². The van der Waals surface area contributed by atoms with Crippen LogP contribution in [0.5, 0.6) is 5.75 Å². The minimum Gasteiger partial charge on any atom is -0.497 e. The van der Waals surface area contributed by atoms with Gasteiger partial charge < -0.3 is 73.0 Å². The number of carboxylic acid groups (broad SMARTS) is 1. The maximum Gasteiger partial charge on any atom is 0.305 e. The van der Waals surface area contributed by atoms with Crippen molar-refractivity contribution in [1.29, 1.82) is 0 Å². The molecule has 2 aromatic heterocycles. The molecule has 100 heavy (non-hydrogen) atoms. The van der Waals surface area contributed by atoms with Crippen LogP contribution in [0.1, 0.15) is 93.0 Å². The zero-order valence-corrected chi connectivity index (χ0v) is 57.4. The third kappa shape index (κ3) is 20.3. The van der Waals surface area contributed by atoms with Crippen LogP contribution in [0, 0.1) is 11.6 Å². The van der Waals surface area contributed by atoms with Gasteiger partial charge in [-0.25, -0.2) is 13.8 Å². The van der Waals surface area contributed by atoms with Crippen LogP contribution >= 0.6 is 23.5 Å². The van der Waals surface area contributed by atoms with Gasteiger partial charge in [0.2, 0.25) is 53.2 Å². The number of hydrogen-bond acceptors (Lipinski definition) is 16. The second kappa shape index (κ2) is 35.4. The number of aliphatic imine (C=N–C) groups is 2. The Morgan fingerprint density at radius 3 is 1.83 bits per heavy atom. The lowest BCUT2D eigenvalue weighted by atomic mass is 9.95. The van der Waals surface area contributed by atoms with E-state index < -0.39 is 131 Å². The second-order valence-corrected chi connectivity index (χ2v) is 27.4. The van der Waals surface area contributed by atoms with Crippen molar-refractivity contribution < 1.29 is 66.6 Å². The Balaban J connectivity index is 1.05. The molecule has 5 heterocycles. The van der Waals surface area contributed by atoms with Gasteiger partial charge in [0.15, 0.2) is 0 Å². The van der Waals surface area contributed by atoms with E-state index >= 15 is 19.2 Å². The number of H-pyrrole nitrogens is 2. The molecule has 8 atom stereocenters. The molecule has 1 fully saturated rings. The highest BCUT2D eigenvalue weighted by molar-refractivity contribution is 7.98. The molecule has 0 aliphatic carbocycles. The van der Waals surface area contributed by atoms with Gasteiger partial charge >= 0.3 is 5.97 Å². The number of nitrogens with zero attached hydrogens (tertiary/aromatic N) is 3. The van der Waals surface area contributed by atoms with Crippen molar-refractivity contribution in [2.45, 2.75) is 144 Å². The Hall–Kier alpha value is -9.68. The second-order valence-electron chi connectivity index (χ2n) is 25.2. The molecule has 532 valence electrons. The Morgan fingerprint density at radius 1 is 0.670 bits per heavy atom. The number of benzene rings is 4. The van der Waals surface area contributed by atoms with Gasteiger partial charge in [0.05, 0.1) is 20.1 Å². The first kappa shape index (κ1) is 74.5. The van der Waals surface area contributed by atoms with Gasteiger partial charge in [0.1, 0.15) is 71.6 Å². The van der Waals surface area contributed by atoms with Crippen molar-refractivity contribution in [2.24, 2.45) is 15.7 Å². The van der Waals surface area contributed by atoms with Gasteiger partial charge in [-0.2, -0.15) is 23.5 Å². The number of unbranched alkanes of at least 4 members (excludes halogenated alkanes) is 1. The molecular formula is C70H84F2N14O12S2. The van der Waals surface area contributed by atoms with Crippen molar-refractivity contribution in [3.63, 3.8) is 0 Å². The first-order chi connectivity index (χ1) is 48.1. The average Bonchev–Trinajstić information content (AvgIpc) is 1.62. The van der Waals surface area contributed by atoms with Crippen LogP contribution < -0.4 is 53.0 Å². The molecule has 1 saturated heterocycles. The summed E-state index contributed by atoms with van der Waals surface area (Å²) in [5, 5.41) is 32.7. The number of fused-ring (bicyclic) bond motifs is 5. The van der Waals surface area contributed by atoms with Crippen LogP contribution in [-0.4, -0.2) is 184 Å². The van der Waals surface area contributed by atoms with Crippen LogP contribution in [0.3, 0.4) is 0 Å². The Morgan fingerprint density at radius 2 is 1.24 bits per heavy atom. The molecular weight excluding hydrogens is 1330 g/mol. The fraction of sp³-hybridized carbons (Fsp3) is 0.429. The zero-order valence-electron chi connectivity index (χ0n) is 55.7. The maximum absolute atomic E-state index is 15.2. The molecule has 3 aliphatic rings. The van der Waals surface area contributed by atoms with Gasteiger partial charge in [-0.1, -0.05) is 36.4 Å². The quantitative estimate of drug-likeness (QED) is 0.0649. The first-order valence-corrected chi connectivity index (χ1v) is 35.4. The summed E-state index contributed by atoms with van der Waals surface area (Å²) in [4.78, 5) is 160. The Bertz CT molecular complexity index is 4040. The van der Waals surface area contributed by atoms with Crippen LogP contribution in [-0.2, 0) is 78.7 Å². The number of carboxylic acids is 1. The monoisotopic (exact) mass is 1410 g/mol. The van der Waals surface area contributed by atoms with E-state index in [0.29, 0.717) is 94.2 Å². The SMILES string of the molecule is COc1ccc(C[C@@H]2NC(=O)[C@H](CC3=NC=NC3)NC(=O)[C@H](CC(=O)O)NC(=O)[C@H](Cc3c[nH]c4ccc(F)cc34)NC(=O)[C@H](Cc3c[nH]c4ccc(F)cc34)NC(=O)[C@@H](C)NC(=O)[C@H](CCCCN)NC(=O)CCSCc3cccc(c3)CSCCNC(=O)[C@]3(C)CCCN3C2=O)cc1. The zero-order chi connectivity index (χ0) is 71.5. The van der Waals surface area contributed by atoms with Crippen molar-refractivity contribution >= 4 is 117 Å². The highest BCUT2D eigenvalue weighted by Gasteiger charge is 2.48. The lowest BCUT2D eigenvalue weighted by molar-refractivity contribution is -0.146. The number of amides is 9. The number of ether oxygens (including phenoxy) is 1. The molecule has 0 spiro atoms. The molecule has 30 heteroatoms. The number of nitrogens with two attached hydrogens (primary N) is 1. The molecule has 26 nitrogen and oxygen atoms in total. The summed E-state index contributed by atoms with van der Waals surface area (Å²) in [6, 6.07) is 11.6. The number of thioether (sulfide) groups is 2.